The largest absolute Gasteiger partial charge is 0.490 e. The van der Waals surface area contributed by atoms with Crippen LogP contribution < -0.4 is 10.1 Å². The molecular formula is C19H28N2O3. The number of piperazine rings is 1. The molecule has 1 saturated heterocycles. The van der Waals surface area contributed by atoms with E-state index in [-0.39, 0.29) is 18.6 Å². The molecule has 1 amide bonds. The summed E-state index contributed by atoms with van der Waals surface area (Å²) in [5.74, 6) is 0.921. The lowest BCUT2D eigenvalue weighted by molar-refractivity contribution is -0.129. The van der Waals surface area contributed by atoms with E-state index in [1.165, 1.54) is 12.8 Å². The van der Waals surface area contributed by atoms with E-state index in [9.17, 15) is 9.90 Å². The number of nitrogens with one attached hydrogen (secondary N) is 1. The first-order valence-electron chi connectivity index (χ1n) is 8.95. The summed E-state index contributed by atoms with van der Waals surface area (Å²) in [7, 11) is 0. The number of amides is 1. The number of aliphatic hydroxyl groups is 1. The van der Waals surface area contributed by atoms with Crippen molar-refractivity contribution in [3.8, 4) is 5.75 Å². The van der Waals surface area contributed by atoms with Gasteiger partial charge < -0.3 is 15.2 Å². The molecule has 3 unspecified atom stereocenters. The molecule has 1 aliphatic heterocycles. The molecule has 5 heteroatoms. The van der Waals surface area contributed by atoms with Gasteiger partial charge in [0.25, 0.3) is 0 Å². The molecule has 2 N–H and O–H groups in total. The van der Waals surface area contributed by atoms with Gasteiger partial charge in [0.15, 0.2) is 0 Å². The SMILES string of the molecule is Cc1cccc(C)c1OCC(O)CN1CC(=O)NC2CCCCC21. The molecule has 5 nitrogen and oxygen atoms in total. The van der Waals surface area contributed by atoms with Crippen LogP contribution in [0.15, 0.2) is 18.2 Å². The highest BCUT2D eigenvalue weighted by Gasteiger charge is 2.36. The van der Waals surface area contributed by atoms with E-state index < -0.39 is 6.10 Å². The fraction of sp³-hybridized carbons (Fsp3) is 0.632. The topological polar surface area (TPSA) is 61.8 Å². The van der Waals surface area contributed by atoms with Gasteiger partial charge in [-0.2, -0.15) is 0 Å². The maximum Gasteiger partial charge on any atom is 0.234 e. The third-order valence-corrected chi connectivity index (χ3v) is 5.17. The van der Waals surface area contributed by atoms with E-state index in [1.807, 2.05) is 32.0 Å². The lowest BCUT2D eigenvalue weighted by atomic mass is 9.87. The number of aryl methyl sites for hydroxylation is 2. The molecule has 1 saturated carbocycles. The summed E-state index contributed by atoms with van der Waals surface area (Å²) in [5, 5.41) is 13.5. The van der Waals surface area contributed by atoms with E-state index in [4.69, 9.17) is 4.74 Å². The number of rotatable bonds is 5. The zero-order chi connectivity index (χ0) is 17.1. The predicted molar refractivity (Wildman–Crippen MR) is 93.2 cm³/mol. The second-order valence-corrected chi connectivity index (χ2v) is 7.14. The van der Waals surface area contributed by atoms with E-state index in [0.29, 0.717) is 19.1 Å². The first kappa shape index (κ1) is 17.2. The lowest BCUT2D eigenvalue weighted by Crippen LogP contribution is -2.62. The normalized spacial score (nSPS) is 25.7. The van der Waals surface area contributed by atoms with Crippen molar-refractivity contribution in [2.75, 3.05) is 19.7 Å². The van der Waals surface area contributed by atoms with Crippen LogP contribution in [0.4, 0.5) is 0 Å². The van der Waals surface area contributed by atoms with Gasteiger partial charge in [0, 0.05) is 18.6 Å². The molecule has 1 aliphatic carbocycles. The summed E-state index contributed by atoms with van der Waals surface area (Å²) in [6, 6.07) is 6.62. The van der Waals surface area contributed by atoms with Crippen molar-refractivity contribution in [3.63, 3.8) is 0 Å². The van der Waals surface area contributed by atoms with Gasteiger partial charge in [0.2, 0.25) is 5.91 Å². The van der Waals surface area contributed by atoms with Gasteiger partial charge >= 0.3 is 0 Å². The number of benzene rings is 1. The summed E-state index contributed by atoms with van der Waals surface area (Å²) < 4.78 is 5.86. The second kappa shape index (κ2) is 7.53. The van der Waals surface area contributed by atoms with Crippen LogP contribution in [0.5, 0.6) is 5.75 Å². The zero-order valence-corrected chi connectivity index (χ0v) is 14.6. The Bertz CT molecular complexity index is 570. The maximum absolute atomic E-state index is 11.9. The third-order valence-electron chi connectivity index (χ3n) is 5.17. The molecule has 3 rings (SSSR count). The highest BCUT2D eigenvalue weighted by Crippen LogP contribution is 2.26. The molecule has 1 aromatic rings. The summed E-state index contributed by atoms with van der Waals surface area (Å²) in [6.45, 7) is 5.13. The summed E-state index contributed by atoms with van der Waals surface area (Å²) in [6.07, 6.45) is 3.91. The van der Waals surface area contributed by atoms with E-state index in [2.05, 4.69) is 10.2 Å². The second-order valence-electron chi connectivity index (χ2n) is 7.14. The Kier molecular flexibility index (Phi) is 5.41. The van der Waals surface area contributed by atoms with E-state index in [1.54, 1.807) is 0 Å². The number of hydrogen-bond acceptors (Lipinski definition) is 4. The van der Waals surface area contributed by atoms with Gasteiger partial charge in [-0.3, -0.25) is 9.69 Å². The summed E-state index contributed by atoms with van der Waals surface area (Å²) >= 11 is 0. The van der Waals surface area contributed by atoms with Crippen molar-refractivity contribution in [1.29, 1.82) is 0 Å². The van der Waals surface area contributed by atoms with Crippen LogP contribution in [0.1, 0.15) is 36.8 Å². The smallest absolute Gasteiger partial charge is 0.234 e. The zero-order valence-electron chi connectivity index (χ0n) is 14.6. The Balaban J connectivity index is 1.57. The van der Waals surface area contributed by atoms with Crippen molar-refractivity contribution >= 4 is 5.91 Å². The molecule has 0 spiro atoms. The standard InChI is InChI=1S/C19H28N2O3/c1-13-6-5-7-14(2)19(13)24-12-15(22)10-21-11-18(23)20-16-8-3-4-9-17(16)21/h5-7,15-17,22H,3-4,8-12H2,1-2H3,(H,20,23). The van der Waals surface area contributed by atoms with E-state index in [0.717, 1.165) is 29.7 Å². The fourth-order valence-corrected chi connectivity index (χ4v) is 4.00. The number of nitrogens with zero attached hydrogens (tertiary/aromatic N) is 1. The maximum atomic E-state index is 11.9. The Morgan fingerprint density at radius 3 is 2.75 bits per heavy atom. The number of β-amino-alcohol motifs (C(OH)–C–C–N with tert-alkyl or cyclic N) is 1. The Morgan fingerprint density at radius 2 is 2.00 bits per heavy atom. The average molecular weight is 332 g/mol. The van der Waals surface area contributed by atoms with Crippen LogP contribution in [0, 0.1) is 13.8 Å². The van der Waals surface area contributed by atoms with Crippen LogP contribution in [-0.2, 0) is 4.79 Å². The fourth-order valence-electron chi connectivity index (χ4n) is 4.00. The molecule has 2 fully saturated rings. The molecule has 1 aromatic carbocycles. The molecule has 132 valence electrons. The van der Waals surface area contributed by atoms with Crippen LogP contribution >= 0.6 is 0 Å². The molecule has 1 heterocycles. The van der Waals surface area contributed by atoms with Gasteiger partial charge in [0.05, 0.1) is 6.54 Å². The first-order chi connectivity index (χ1) is 11.5. The minimum absolute atomic E-state index is 0.0704. The minimum Gasteiger partial charge on any atom is -0.490 e. The number of carbonyl (C=O) groups excluding carboxylic acids is 1. The van der Waals surface area contributed by atoms with Crippen molar-refractivity contribution in [1.82, 2.24) is 10.2 Å². The Morgan fingerprint density at radius 1 is 1.29 bits per heavy atom. The predicted octanol–water partition coefficient (Wildman–Crippen LogP) is 1.79. The average Bonchev–Trinajstić information content (AvgIpc) is 2.54. The number of aliphatic hydroxyl groups excluding tert-OH is 1. The number of carbonyl (C=O) groups is 1. The quantitative estimate of drug-likeness (QED) is 0.863. The number of ether oxygens (including phenoxy) is 1. The van der Waals surface area contributed by atoms with Crippen molar-refractivity contribution < 1.29 is 14.6 Å². The molecule has 0 aromatic heterocycles. The van der Waals surface area contributed by atoms with Gasteiger partial charge in [-0.1, -0.05) is 31.0 Å². The van der Waals surface area contributed by atoms with Crippen molar-refractivity contribution in [2.45, 2.75) is 57.7 Å². The molecule has 24 heavy (non-hydrogen) atoms. The minimum atomic E-state index is -0.600. The van der Waals surface area contributed by atoms with Crippen LogP contribution in [-0.4, -0.2) is 53.8 Å². The number of fused-ring (bicyclic) bond motifs is 1. The van der Waals surface area contributed by atoms with Crippen molar-refractivity contribution in [3.05, 3.63) is 29.3 Å². The van der Waals surface area contributed by atoms with Crippen molar-refractivity contribution in [2.24, 2.45) is 0 Å². The highest BCUT2D eigenvalue weighted by atomic mass is 16.5. The Labute approximate surface area is 144 Å². The molecule has 2 aliphatic rings. The van der Waals surface area contributed by atoms with Gasteiger partial charge in [-0.15, -0.1) is 0 Å². The van der Waals surface area contributed by atoms with Gasteiger partial charge in [-0.25, -0.2) is 0 Å². The number of hydrogen-bond donors (Lipinski definition) is 2. The van der Waals surface area contributed by atoms with Gasteiger partial charge in [-0.05, 0) is 37.8 Å². The highest BCUT2D eigenvalue weighted by molar-refractivity contribution is 5.79. The molecule has 0 bridgehead atoms. The molecule has 3 atom stereocenters. The number of para-hydroxylation sites is 1. The van der Waals surface area contributed by atoms with E-state index >= 15 is 0 Å². The Hall–Kier alpha value is -1.59. The van der Waals surface area contributed by atoms with Crippen LogP contribution in [0.3, 0.4) is 0 Å². The van der Waals surface area contributed by atoms with Crippen LogP contribution in [0.25, 0.3) is 0 Å². The van der Waals surface area contributed by atoms with Crippen LogP contribution in [0.2, 0.25) is 0 Å². The molecule has 0 radical (unpaired) electrons. The third kappa shape index (κ3) is 3.90. The molecular weight excluding hydrogens is 304 g/mol. The summed E-state index contributed by atoms with van der Waals surface area (Å²) in [4.78, 5) is 14.1. The van der Waals surface area contributed by atoms with Gasteiger partial charge in [0.1, 0.15) is 18.5 Å². The first-order valence-corrected chi connectivity index (χ1v) is 8.95. The monoisotopic (exact) mass is 332 g/mol. The summed E-state index contributed by atoms with van der Waals surface area (Å²) in [5.41, 5.74) is 2.15. The lowest BCUT2D eigenvalue weighted by Gasteiger charge is -2.44.